The van der Waals surface area contributed by atoms with Crippen molar-refractivity contribution in [3.05, 3.63) is 0 Å². The number of carbonyl (C=O) groups is 1. The largest absolute Gasteiger partial charge is 0.383 e. The van der Waals surface area contributed by atoms with Gasteiger partial charge < -0.3 is 15.4 Å². The van der Waals surface area contributed by atoms with E-state index in [0.717, 1.165) is 19.3 Å². The van der Waals surface area contributed by atoms with Crippen molar-refractivity contribution in [1.29, 1.82) is 0 Å². The van der Waals surface area contributed by atoms with Crippen LogP contribution in [0.15, 0.2) is 0 Å². The van der Waals surface area contributed by atoms with Crippen molar-refractivity contribution >= 4 is 5.91 Å². The maximum atomic E-state index is 11.8. The van der Waals surface area contributed by atoms with Gasteiger partial charge in [-0.3, -0.25) is 4.79 Å². The van der Waals surface area contributed by atoms with Crippen LogP contribution >= 0.6 is 0 Å². The second-order valence-electron chi connectivity index (χ2n) is 4.42. The summed E-state index contributed by atoms with van der Waals surface area (Å²) in [5.74, 6) is 0.103. The second kappa shape index (κ2) is 6.08. The summed E-state index contributed by atoms with van der Waals surface area (Å²) in [5, 5.41) is 6.26. The predicted molar refractivity (Wildman–Crippen MR) is 59.7 cm³/mol. The Labute approximate surface area is 91.8 Å². The number of piperidine rings is 1. The zero-order valence-electron chi connectivity index (χ0n) is 9.88. The van der Waals surface area contributed by atoms with Crippen molar-refractivity contribution in [1.82, 2.24) is 10.6 Å². The molecule has 1 aliphatic rings. The Morgan fingerprint density at radius 2 is 2.33 bits per heavy atom. The average molecular weight is 214 g/mol. The molecule has 1 fully saturated rings. The molecule has 0 aromatic carbocycles. The normalized spacial score (nSPS) is 28.5. The van der Waals surface area contributed by atoms with Crippen molar-refractivity contribution < 1.29 is 9.53 Å². The smallest absolute Gasteiger partial charge is 0.237 e. The first-order valence-electron chi connectivity index (χ1n) is 5.69. The molecule has 4 heteroatoms. The van der Waals surface area contributed by atoms with Crippen LogP contribution in [0.5, 0.6) is 0 Å². The number of ether oxygens (including phenoxy) is 1. The van der Waals surface area contributed by atoms with Gasteiger partial charge >= 0.3 is 0 Å². The van der Waals surface area contributed by atoms with Gasteiger partial charge in [0.15, 0.2) is 0 Å². The maximum Gasteiger partial charge on any atom is 0.237 e. The number of nitrogens with one attached hydrogen (secondary N) is 2. The monoisotopic (exact) mass is 214 g/mol. The lowest BCUT2D eigenvalue weighted by Gasteiger charge is -2.28. The molecule has 88 valence electrons. The van der Waals surface area contributed by atoms with Gasteiger partial charge in [0, 0.05) is 19.2 Å². The van der Waals surface area contributed by atoms with E-state index in [1.165, 1.54) is 0 Å². The summed E-state index contributed by atoms with van der Waals surface area (Å²) < 4.78 is 4.98. The second-order valence-corrected chi connectivity index (χ2v) is 4.42. The van der Waals surface area contributed by atoms with Gasteiger partial charge in [0.25, 0.3) is 0 Å². The van der Waals surface area contributed by atoms with Crippen molar-refractivity contribution in [2.45, 2.75) is 51.2 Å². The Morgan fingerprint density at radius 1 is 1.60 bits per heavy atom. The van der Waals surface area contributed by atoms with Crippen molar-refractivity contribution in [2.75, 3.05) is 13.7 Å². The van der Waals surface area contributed by atoms with E-state index in [1.807, 2.05) is 6.92 Å². The highest BCUT2D eigenvalue weighted by atomic mass is 16.5. The fraction of sp³-hybridized carbons (Fsp3) is 0.909. The Morgan fingerprint density at radius 3 is 2.93 bits per heavy atom. The molecule has 1 heterocycles. The van der Waals surface area contributed by atoms with Gasteiger partial charge in [-0.05, 0) is 33.1 Å². The first-order valence-corrected chi connectivity index (χ1v) is 5.69. The molecule has 2 N–H and O–H groups in total. The molecule has 15 heavy (non-hydrogen) atoms. The van der Waals surface area contributed by atoms with E-state index in [1.54, 1.807) is 7.11 Å². The first-order chi connectivity index (χ1) is 7.13. The minimum Gasteiger partial charge on any atom is -0.383 e. The summed E-state index contributed by atoms with van der Waals surface area (Å²) in [5.41, 5.74) is 0. The Hall–Kier alpha value is -0.610. The summed E-state index contributed by atoms with van der Waals surface area (Å²) in [6.07, 6.45) is 3.23. The predicted octanol–water partition coefficient (Wildman–Crippen LogP) is 0.668. The molecule has 4 nitrogen and oxygen atoms in total. The molecular formula is C11H22N2O2. The van der Waals surface area contributed by atoms with Crippen LogP contribution in [0.1, 0.15) is 33.1 Å². The average Bonchev–Trinajstić information content (AvgIpc) is 2.18. The van der Waals surface area contributed by atoms with Crippen LogP contribution in [0.2, 0.25) is 0 Å². The van der Waals surface area contributed by atoms with Crippen molar-refractivity contribution in [2.24, 2.45) is 0 Å². The molecule has 0 aromatic rings. The summed E-state index contributed by atoms with van der Waals surface area (Å²) in [6, 6.07) is 0.516. The molecule has 0 aliphatic carbocycles. The minimum absolute atomic E-state index is 0.0203. The van der Waals surface area contributed by atoms with Crippen molar-refractivity contribution in [3.63, 3.8) is 0 Å². The topological polar surface area (TPSA) is 50.4 Å². The highest BCUT2D eigenvalue weighted by Crippen LogP contribution is 2.12. The molecule has 1 amide bonds. The number of methoxy groups -OCH3 is 1. The van der Waals surface area contributed by atoms with Crippen molar-refractivity contribution in [3.8, 4) is 0 Å². The maximum absolute atomic E-state index is 11.8. The van der Waals surface area contributed by atoms with Crippen LogP contribution in [0.3, 0.4) is 0 Å². The van der Waals surface area contributed by atoms with Gasteiger partial charge in [0.05, 0.1) is 12.6 Å². The number of carbonyl (C=O) groups excluding carboxylic acids is 1. The van der Waals surface area contributed by atoms with E-state index >= 15 is 0 Å². The highest BCUT2D eigenvalue weighted by molar-refractivity contribution is 5.82. The molecule has 0 saturated carbocycles. The lowest BCUT2D eigenvalue weighted by molar-refractivity contribution is -0.124. The molecule has 1 aliphatic heterocycles. The van der Waals surface area contributed by atoms with Gasteiger partial charge in [-0.15, -0.1) is 0 Å². The molecule has 0 aromatic heterocycles. The SMILES string of the molecule is COCC(C)NC(=O)C1CCCC(C)N1. The standard InChI is InChI=1S/C11H22N2O2/c1-8-5-4-6-10(12-8)11(14)13-9(2)7-15-3/h8-10,12H,4-7H2,1-3H3,(H,13,14). The molecule has 0 spiro atoms. The van der Waals surface area contributed by atoms with E-state index in [4.69, 9.17) is 4.74 Å². The third kappa shape index (κ3) is 4.18. The first kappa shape index (κ1) is 12.5. The lowest BCUT2D eigenvalue weighted by atomic mass is 9.99. The van der Waals surface area contributed by atoms with Crippen LogP contribution in [0.4, 0.5) is 0 Å². The van der Waals surface area contributed by atoms with Gasteiger partial charge in [0.1, 0.15) is 0 Å². The highest BCUT2D eigenvalue weighted by Gasteiger charge is 2.24. The lowest BCUT2D eigenvalue weighted by Crippen LogP contribution is -2.52. The summed E-state index contributed by atoms with van der Waals surface area (Å²) in [7, 11) is 1.64. The number of rotatable bonds is 4. The van der Waals surface area contributed by atoms with E-state index in [0.29, 0.717) is 12.6 Å². The Kier molecular flexibility index (Phi) is 5.05. The zero-order chi connectivity index (χ0) is 11.3. The fourth-order valence-corrected chi connectivity index (χ4v) is 1.98. The zero-order valence-corrected chi connectivity index (χ0v) is 9.88. The number of amides is 1. The summed E-state index contributed by atoms with van der Waals surface area (Å²) in [4.78, 5) is 11.8. The molecular weight excluding hydrogens is 192 g/mol. The van der Waals surface area contributed by atoms with E-state index in [9.17, 15) is 4.79 Å². The number of hydrogen-bond donors (Lipinski definition) is 2. The number of hydrogen-bond acceptors (Lipinski definition) is 3. The van der Waals surface area contributed by atoms with Crippen LogP contribution < -0.4 is 10.6 Å². The van der Waals surface area contributed by atoms with E-state index in [2.05, 4.69) is 17.6 Å². The molecule has 1 rings (SSSR count). The Balaban J connectivity index is 2.32. The molecule has 0 radical (unpaired) electrons. The van der Waals surface area contributed by atoms with Gasteiger partial charge in [-0.1, -0.05) is 0 Å². The van der Waals surface area contributed by atoms with Gasteiger partial charge in [-0.2, -0.15) is 0 Å². The van der Waals surface area contributed by atoms with Gasteiger partial charge in [0.2, 0.25) is 5.91 Å². The quantitative estimate of drug-likeness (QED) is 0.723. The van der Waals surface area contributed by atoms with Crippen LogP contribution in [0, 0.1) is 0 Å². The van der Waals surface area contributed by atoms with E-state index in [-0.39, 0.29) is 18.0 Å². The Bertz CT molecular complexity index is 209. The third-order valence-corrected chi connectivity index (χ3v) is 2.74. The van der Waals surface area contributed by atoms with Gasteiger partial charge in [-0.25, -0.2) is 0 Å². The van der Waals surface area contributed by atoms with Crippen LogP contribution in [0.25, 0.3) is 0 Å². The minimum atomic E-state index is -0.0203. The molecule has 0 bridgehead atoms. The third-order valence-electron chi connectivity index (χ3n) is 2.74. The van der Waals surface area contributed by atoms with E-state index < -0.39 is 0 Å². The summed E-state index contributed by atoms with van der Waals surface area (Å²) in [6.45, 7) is 4.64. The van der Waals surface area contributed by atoms with Crippen LogP contribution in [-0.4, -0.2) is 37.7 Å². The molecule has 3 atom stereocenters. The fourth-order valence-electron chi connectivity index (χ4n) is 1.98. The molecule has 3 unspecified atom stereocenters. The van der Waals surface area contributed by atoms with Crippen LogP contribution in [-0.2, 0) is 9.53 Å². The molecule has 1 saturated heterocycles. The summed E-state index contributed by atoms with van der Waals surface area (Å²) >= 11 is 0.